The molecule has 4 rings (SSSR count). The Morgan fingerprint density at radius 2 is 2.00 bits per heavy atom. The molecule has 3 aromatic rings. The van der Waals surface area contributed by atoms with Crippen LogP contribution in [0.15, 0.2) is 39.6 Å². The van der Waals surface area contributed by atoms with E-state index in [1.807, 2.05) is 42.3 Å². The number of piperidine rings is 1. The summed E-state index contributed by atoms with van der Waals surface area (Å²) in [4.78, 5) is 32.8. The normalized spacial score (nSPS) is 17.1. The van der Waals surface area contributed by atoms with Crippen molar-refractivity contribution in [2.75, 3.05) is 12.3 Å². The summed E-state index contributed by atoms with van der Waals surface area (Å²) in [6.07, 6.45) is 3.30. The zero-order valence-corrected chi connectivity index (χ0v) is 18.6. The zero-order chi connectivity index (χ0) is 20.5. The molecule has 152 valence electrons. The van der Waals surface area contributed by atoms with Crippen molar-refractivity contribution in [2.24, 2.45) is 0 Å². The van der Waals surface area contributed by atoms with Crippen molar-refractivity contribution in [3.8, 4) is 5.69 Å². The van der Waals surface area contributed by atoms with Gasteiger partial charge >= 0.3 is 0 Å². The number of likely N-dealkylation sites (tertiary alicyclic amines) is 1. The molecule has 1 atom stereocenters. The first kappa shape index (κ1) is 20.2. The molecule has 1 aromatic carbocycles. The number of hydrogen-bond donors (Lipinski definition) is 0. The summed E-state index contributed by atoms with van der Waals surface area (Å²) in [5.41, 5.74) is 3.61. The Morgan fingerprint density at radius 1 is 1.24 bits per heavy atom. The van der Waals surface area contributed by atoms with E-state index in [4.69, 9.17) is 4.98 Å². The maximum absolute atomic E-state index is 13.3. The number of thioether (sulfide) groups is 1. The number of thiophene rings is 1. The van der Waals surface area contributed by atoms with Gasteiger partial charge in [0.15, 0.2) is 5.16 Å². The number of fused-ring (bicyclic) bond motifs is 1. The van der Waals surface area contributed by atoms with E-state index in [-0.39, 0.29) is 23.3 Å². The van der Waals surface area contributed by atoms with E-state index in [1.54, 1.807) is 4.57 Å². The van der Waals surface area contributed by atoms with Crippen LogP contribution in [0.1, 0.15) is 37.3 Å². The summed E-state index contributed by atoms with van der Waals surface area (Å²) >= 11 is 2.76. The minimum Gasteiger partial charge on any atom is -0.339 e. The van der Waals surface area contributed by atoms with Gasteiger partial charge in [-0.15, -0.1) is 11.3 Å². The minimum absolute atomic E-state index is 0.0729. The van der Waals surface area contributed by atoms with Crippen LogP contribution in [0.3, 0.4) is 0 Å². The fraction of sp³-hybridized carbons (Fsp3) is 0.409. The van der Waals surface area contributed by atoms with Crippen molar-refractivity contribution in [3.05, 3.63) is 51.1 Å². The van der Waals surface area contributed by atoms with Gasteiger partial charge in [0.25, 0.3) is 5.56 Å². The number of amides is 1. The van der Waals surface area contributed by atoms with E-state index in [9.17, 15) is 9.59 Å². The van der Waals surface area contributed by atoms with Gasteiger partial charge in [0, 0.05) is 12.6 Å². The third-order valence-corrected chi connectivity index (χ3v) is 7.18. The Morgan fingerprint density at radius 3 is 2.72 bits per heavy atom. The van der Waals surface area contributed by atoms with E-state index in [0.717, 1.165) is 36.2 Å². The quantitative estimate of drug-likeness (QED) is 0.453. The number of aryl methyl sites for hydroxylation is 2. The van der Waals surface area contributed by atoms with Crippen LogP contribution in [0, 0.1) is 13.8 Å². The van der Waals surface area contributed by atoms with Crippen LogP contribution in [-0.2, 0) is 4.79 Å². The molecular formula is C22H25N3O2S2. The maximum Gasteiger partial charge on any atom is 0.276 e. The smallest absolute Gasteiger partial charge is 0.276 e. The topological polar surface area (TPSA) is 55.2 Å². The van der Waals surface area contributed by atoms with Gasteiger partial charge < -0.3 is 4.90 Å². The van der Waals surface area contributed by atoms with Crippen LogP contribution in [-0.4, -0.2) is 38.7 Å². The molecule has 1 fully saturated rings. The van der Waals surface area contributed by atoms with Crippen molar-refractivity contribution in [2.45, 2.75) is 51.2 Å². The minimum atomic E-state index is -0.0729. The fourth-order valence-electron chi connectivity index (χ4n) is 3.97. The second-order valence-electron chi connectivity index (χ2n) is 7.74. The molecule has 0 saturated carbocycles. The molecule has 0 N–H and O–H groups in total. The van der Waals surface area contributed by atoms with Gasteiger partial charge in [0.1, 0.15) is 4.70 Å². The molecule has 1 aliphatic heterocycles. The summed E-state index contributed by atoms with van der Waals surface area (Å²) in [5, 5.41) is 2.46. The first-order valence-corrected chi connectivity index (χ1v) is 11.8. The van der Waals surface area contributed by atoms with Crippen LogP contribution in [0.25, 0.3) is 15.9 Å². The summed E-state index contributed by atoms with van der Waals surface area (Å²) < 4.78 is 2.31. The van der Waals surface area contributed by atoms with Crippen LogP contribution in [0.2, 0.25) is 0 Å². The average Bonchev–Trinajstić information content (AvgIpc) is 3.14. The zero-order valence-electron chi connectivity index (χ0n) is 17.0. The maximum atomic E-state index is 13.3. The average molecular weight is 428 g/mol. The third kappa shape index (κ3) is 4.12. The molecule has 3 heterocycles. The van der Waals surface area contributed by atoms with Crippen LogP contribution < -0.4 is 5.56 Å². The predicted octanol–water partition coefficient (Wildman–Crippen LogP) is 4.56. The molecular weight excluding hydrogens is 402 g/mol. The highest BCUT2D eigenvalue weighted by atomic mass is 32.2. The van der Waals surface area contributed by atoms with Crippen molar-refractivity contribution < 1.29 is 4.79 Å². The van der Waals surface area contributed by atoms with Crippen molar-refractivity contribution in [3.63, 3.8) is 0 Å². The van der Waals surface area contributed by atoms with Crippen LogP contribution in [0.5, 0.6) is 0 Å². The van der Waals surface area contributed by atoms with Gasteiger partial charge in [-0.25, -0.2) is 4.98 Å². The highest BCUT2D eigenvalue weighted by molar-refractivity contribution is 7.99. The van der Waals surface area contributed by atoms with E-state index in [0.29, 0.717) is 15.4 Å². The lowest BCUT2D eigenvalue weighted by atomic mass is 10.0. The molecule has 1 amide bonds. The van der Waals surface area contributed by atoms with Gasteiger partial charge in [-0.1, -0.05) is 17.8 Å². The first-order chi connectivity index (χ1) is 13.9. The molecule has 0 bridgehead atoms. The lowest BCUT2D eigenvalue weighted by molar-refractivity contribution is -0.131. The second kappa shape index (κ2) is 8.32. The van der Waals surface area contributed by atoms with Gasteiger partial charge in [-0.2, -0.15) is 0 Å². The SMILES string of the molecule is Cc1cc(C)cc(-n2c(SCC(=O)N3CCCCC3C)nc3ccsc3c2=O)c1. The van der Waals surface area contributed by atoms with Gasteiger partial charge in [-0.3, -0.25) is 14.2 Å². The Hall–Kier alpha value is -2.12. The van der Waals surface area contributed by atoms with E-state index < -0.39 is 0 Å². The van der Waals surface area contributed by atoms with Crippen molar-refractivity contribution in [1.82, 2.24) is 14.5 Å². The molecule has 0 radical (unpaired) electrons. The highest BCUT2D eigenvalue weighted by Crippen LogP contribution is 2.26. The Balaban J connectivity index is 1.71. The molecule has 2 aromatic heterocycles. The second-order valence-corrected chi connectivity index (χ2v) is 9.60. The Kier molecular flexibility index (Phi) is 5.79. The summed E-state index contributed by atoms with van der Waals surface area (Å²) in [6, 6.07) is 8.22. The van der Waals surface area contributed by atoms with Gasteiger partial charge in [0.2, 0.25) is 5.91 Å². The number of aromatic nitrogens is 2. The molecule has 1 saturated heterocycles. The first-order valence-electron chi connectivity index (χ1n) is 9.95. The van der Waals surface area contributed by atoms with Gasteiger partial charge in [0.05, 0.1) is 17.0 Å². The van der Waals surface area contributed by atoms with Crippen LogP contribution in [0.4, 0.5) is 0 Å². The number of carbonyl (C=O) groups excluding carboxylic acids is 1. The lowest BCUT2D eigenvalue weighted by Gasteiger charge is -2.33. The lowest BCUT2D eigenvalue weighted by Crippen LogP contribution is -2.43. The predicted molar refractivity (Wildman–Crippen MR) is 120 cm³/mol. The molecule has 1 unspecified atom stereocenters. The van der Waals surface area contributed by atoms with E-state index in [2.05, 4.69) is 13.0 Å². The number of carbonyl (C=O) groups is 1. The van der Waals surface area contributed by atoms with Crippen LogP contribution >= 0.6 is 23.1 Å². The molecule has 29 heavy (non-hydrogen) atoms. The molecule has 0 aliphatic carbocycles. The third-order valence-electron chi connectivity index (χ3n) is 5.36. The summed E-state index contributed by atoms with van der Waals surface area (Å²) in [7, 11) is 0. The Labute approximate surface area is 178 Å². The van der Waals surface area contributed by atoms with E-state index >= 15 is 0 Å². The highest BCUT2D eigenvalue weighted by Gasteiger charge is 2.24. The largest absolute Gasteiger partial charge is 0.339 e. The van der Waals surface area contributed by atoms with Crippen molar-refractivity contribution >= 4 is 39.2 Å². The van der Waals surface area contributed by atoms with Gasteiger partial charge in [-0.05, 0) is 74.7 Å². The number of rotatable bonds is 4. The summed E-state index contributed by atoms with van der Waals surface area (Å²) in [6.45, 7) is 6.98. The molecule has 1 aliphatic rings. The number of hydrogen-bond acceptors (Lipinski definition) is 5. The molecule has 0 spiro atoms. The Bertz CT molecular complexity index is 1100. The van der Waals surface area contributed by atoms with E-state index in [1.165, 1.54) is 29.5 Å². The summed E-state index contributed by atoms with van der Waals surface area (Å²) in [5.74, 6) is 0.408. The fourth-order valence-corrected chi connectivity index (χ4v) is 5.63. The number of nitrogens with zero attached hydrogens (tertiary/aromatic N) is 3. The molecule has 7 heteroatoms. The standard InChI is InChI=1S/C22H25N3O2S2/c1-14-10-15(2)12-17(11-14)25-21(27)20-18(7-9-28-20)23-22(25)29-13-19(26)24-8-5-4-6-16(24)3/h7,9-12,16H,4-6,8,13H2,1-3H3. The van der Waals surface area contributed by atoms with Crippen molar-refractivity contribution in [1.29, 1.82) is 0 Å². The molecule has 5 nitrogen and oxygen atoms in total. The number of benzene rings is 1. The monoisotopic (exact) mass is 427 g/mol.